The highest BCUT2D eigenvalue weighted by Crippen LogP contribution is 2.25. The minimum atomic E-state index is -3.10. The molecule has 4 rings (SSSR count). The summed E-state index contributed by atoms with van der Waals surface area (Å²) in [5.41, 5.74) is -0.551. The van der Waals surface area contributed by atoms with Crippen LogP contribution in [-0.2, 0) is 14.6 Å². The Morgan fingerprint density at radius 3 is 2.55 bits per heavy atom. The van der Waals surface area contributed by atoms with Gasteiger partial charge in [0.25, 0.3) is 5.91 Å². The Labute approximate surface area is 175 Å². The van der Waals surface area contributed by atoms with Gasteiger partial charge in [0.15, 0.2) is 16.4 Å². The quantitative estimate of drug-likeness (QED) is 0.601. The van der Waals surface area contributed by atoms with E-state index in [1.807, 2.05) is 0 Å². The van der Waals surface area contributed by atoms with Gasteiger partial charge in [0.2, 0.25) is 0 Å². The van der Waals surface area contributed by atoms with Gasteiger partial charge in [-0.1, -0.05) is 0 Å². The van der Waals surface area contributed by atoms with Crippen LogP contribution in [0.3, 0.4) is 0 Å². The maximum atomic E-state index is 13.5. The zero-order valence-electron chi connectivity index (χ0n) is 16.1. The first-order chi connectivity index (χ1) is 14.7. The van der Waals surface area contributed by atoms with E-state index in [1.54, 1.807) is 12.1 Å². The largest absolute Gasteiger partial charge is 0.484 e. The second-order valence-electron chi connectivity index (χ2n) is 7.26. The Kier molecular flexibility index (Phi) is 5.48. The Morgan fingerprint density at radius 2 is 1.87 bits per heavy atom. The number of benzene rings is 2. The minimum Gasteiger partial charge on any atom is -0.484 e. The molecule has 0 saturated carbocycles. The maximum Gasteiger partial charge on any atom is 0.344 e. The molecular formula is C21H17F2NO6S. The third-order valence-electron chi connectivity index (χ3n) is 4.85. The summed E-state index contributed by atoms with van der Waals surface area (Å²) >= 11 is 0. The predicted molar refractivity (Wildman–Crippen MR) is 109 cm³/mol. The summed E-state index contributed by atoms with van der Waals surface area (Å²) in [4.78, 5) is 24.3. The number of sulfone groups is 1. The first-order valence-electron chi connectivity index (χ1n) is 9.35. The van der Waals surface area contributed by atoms with Crippen LogP contribution in [0, 0.1) is 11.6 Å². The van der Waals surface area contributed by atoms with Crippen LogP contribution in [0.25, 0.3) is 22.1 Å². The van der Waals surface area contributed by atoms with E-state index in [2.05, 4.69) is 5.32 Å². The monoisotopic (exact) mass is 449 g/mol. The molecular weight excluding hydrogens is 432 g/mol. The highest BCUT2D eigenvalue weighted by molar-refractivity contribution is 7.91. The van der Waals surface area contributed by atoms with E-state index in [-0.39, 0.29) is 40.6 Å². The van der Waals surface area contributed by atoms with Crippen molar-refractivity contribution in [3.05, 3.63) is 64.5 Å². The van der Waals surface area contributed by atoms with Crippen LogP contribution >= 0.6 is 0 Å². The molecule has 1 aliphatic heterocycles. The number of fused-ring (bicyclic) bond motifs is 1. The van der Waals surface area contributed by atoms with Gasteiger partial charge in [-0.05, 0) is 42.3 Å². The lowest BCUT2D eigenvalue weighted by atomic mass is 10.1. The van der Waals surface area contributed by atoms with Gasteiger partial charge in [0.1, 0.15) is 23.0 Å². The molecule has 10 heteroatoms. The number of nitrogens with one attached hydrogen (secondary N) is 1. The molecule has 2 heterocycles. The molecule has 1 aliphatic rings. The second kappa shape index (κ2) is 8.10. The van der Waals surface area contributed by atoms with Crippen LogP contribution < -0.4 is 15.7 Å². The van der Waals surface area contributed by atoms with Crippen LogP contribution in [0.5, 0.6) is 5.75 Å². The molecule has 1 atom stereocenters. The van der Waals surface area contributed by atoms with Crippen molar-refractivity contribution in [2.75, 3.05) is 18.1 Å². The summed E-state index contributed by atoms with van der Waals surface area (Å²) in [5, 5.41) is 3.10. The van der Waals surface area contributed by atoms with Crippen LogP contribution in [0.4, 0.5) is 8.78 Å². The van der Waals surface area contributed by atoms with E-state index in [1.165, 1.54) is 12.1 Å². The number of rotatable bonds is 5. The average molecular weight is 449 g/mol. The van der Waals surface area contributed by atoms with Gasteiger partial charge in [-0.25, -0.2) is 22.0 Å². The van der Waals surface area contributed by atoms with Crippen molar-refractivity contribution < 1.29 is 31.1 Å². The first-order valence-corrected chi connectivity index (χ1v) is 11.2. The number of carbonyl (C=O) groups is 1. The molecule has 0 unspecified atom stereocenters. The lowest BCUT2D eigenvalue weighted by Crippen LogP contribution is -2.38. The highest BCUT2D eigenvalue weighted by Gasteiger charge is 2.28. The number of carbonyl (C=O) groups excluding carboxylic acids is 1. The Bertz CT molecular complexity index is 1320. The van der Waals surface area contributed by atoms with Crippen molar-refractivity contribution in [1.29, 1.82) is 0 Å². The lowest BCUT2D eigenvalue weighted by Gasteiger charge is -2.12. The molecule has 31 heavy (non-hydrogen) atoms. The van der Waals surface area contributed by atoms with Crippen LogP contribution in [0.15, 0.2) is 51.7 Å². The molecule has 1 aromatic heterocycles. The van der Waals surface area contributed by atoms with E-state index in [0.29, 0.717) is 17.9 Å². The molecule has 1 fully saturated rings. The van der Waals surface area contributed by atoms with Crippen LogP contribution in [0.2, 0.25) is 0 Å². The fraction of sp³-hybridized carbons (Fsp3) is 0.238. The zero-order valence-corrected chi connectivity index (χ0v) is 16.9. The van der Waals surface area contributed by atoms with E-state index in [9.17, 15) is 26.8 Å². The Hall–Kier alpha value is -3.27. The summed E-state index contributed by atoms with van der Waals surface area (Å²) in [5.74, 6) is -1.87. The number of hydrogen-bond donors (Lipinski definition) is 1. The Balaban J connectivity index is 1.48. The molecule has 1 saturated heterocycles. The van der Waals surface area contributed by atoms with E-state index >= 15 is 0 Å². The van der Waals surface area contributed by atoms with Crippen molar-refractivity contribution in [2.24, 2.45) is 0 Å². The molecule has 7 nitrogen and oxygen atoms in total. The SMILES string of the molecule is O=C(COc1ccc2cc(-c3cc(F)cc(F)c3)c(=O)oc2c1)N[C@@H]1CCS(=O)(=O)C1. The normalized spacial score (nSPS) is 17.5. The van der Waals surface area contributed by atoms with Crippen molar-refractivity contribution in [1.82, 2.24) is 5.32 Å². The fourth-order valence-corrected chi connectivity index (χ4v) is 5.09. The van der Waals surface area contributed by atoms with Crippen molar-refractivity contribution in [3.8, 4) is 16.9 Å². The molecule has 1 N–H and O–H groups in total. The van der Waals surface area contributed by atoms with Crippen LogP contribution in [0.1, 0.15) is 6.42 Å². The van der Waals surface area contributed by atoms with Gasteiger partial charge in [0.05, 0.1) is 17.1 Å². The van der Waals surface area contributed by atoms with Gasteiger partial charge in [-0.2, -0.15) is 0 Å². The van der Waals surface area contributed by atoms with Gasteiger partial charge in [-0.15, -0.1) is 0 Å². The zero-order chi connectivity index (χ0) is 22.2. The maximum absolute atomic E-state index is 13.5. The van der Waals surface area contributed by atoms with E-state index in [0.717, 1.165) is 12.1 Å². The molecule has 0 bridgehead atoms. The Morgan fingerprint density at radius 1 is 1.13 bits per heavy atom. The smallest absolute Gasteiger partial charge is 0.344 e. The number of hydrogen-bond acceptors (Lipinski definition) is 6. The third-order valence-corrected chi connectivity index (χ3v) is 6.62. The van der Waals surface area contributed by atoms with E-state index < -0.39 is 39.0 Å². The summed E-state index contributed by atoms with van der Waals surface area (Å²) in [6, 6.07) is 8.34. The molecule has 0 spiro atoms. The topological polar surface area (TPSA) is 103 Å². The summed E-state index contributed by atoms with van der Waals surface area (Å²) < 4.78 is 60.5. The number of amides is 1. The lowest BCUT2D eigenvalue weighted by molar-refractivity contribution is -0.123. The van der Waals surface area contributed by atoms with E-state index in [4.69, 9.17) is 9.15 Å². The van der Waals surface area contributed by atoms with Gasteiger partial charge in [0, 0.05) is 23.6 Å². The molecule has 162 valence electrons. The predicted octanol–water partition coefficient (Wildman–Crippen LogP) is 2.42. The van der Waals surface area contributed by atoms with Crippen molar-refractivity contribution in [2.45, 2.75) is 12.5 Å². The molecule has 1 amide bonds. The molecule has 3 aromatic rings. The minimum absolute atomic E-state index is 0.00506. The van der Waals surface area contributed by atoms with Gasteiger partial charge >= 0.3 is 5.63 Å². The number of halogens is 2. The summed E-state index contributed by atoms with van der Waals surface area (Å²) in [6.07, 6.45) is 0.368. The van der Waals surface area contributed by atoms with Crippen LogP contribution in [-0.4, -0.2) is 38.5 Å². The van der Waals surface area contributed by atoms with Gasteiger partial charge in [-0.3, -0.25) is 4.79 Å². The third kappa shape index (κ3) is 4.91. The molecule has 2 aromatic carbocycles. The fourth-order valence-electron chi connectivity index (χ4n) is 3.42. The average Bonchev–Trinajstić information content (AvgIpc) is 3.03. The van der Waals surface area contributed by atoms with Gasteiger partial charge < -0.3 is 14.5 Å². The highest BCUT2D eigenvalue weighted by atomic mass is 32.2. The molecule has 0 aliphatic carbocycles. The standard InChI is InChI=1S/C21H17F2NO6S/c22-14-5-13(6-15(23)8-14)18-7-12-1-2-17(9-19(12)30-21(18)26)29-10-20(25)24-16-3-4-31(27,28)11-16/h1-2,5-9,16H,3-4,10-11H2,(H,24,25)/t16-/m1/s1. The van der Waals surface area contributed by atoms with Crippen molar-refractivity contribution in [3.63, 3.8) is 0 Å². The second-order valence-corrected chi connectivity index (χ2v) is 9.49. The first kappa shape index (κ1) is 21.0. The summed E-state index contributed by atoms with van der Waals surface area (Å²) in [7, 11) is -3.10. The number of ether oxygens (including phenoxy) is 1. The molecule has 0 radical (unpaired) electrons. The summed E-state index contributed by atoms with van der Waals surface area (Å²) in [6.45, 7) is -0.340. The van der Waals surface area contributed by atoms with Crippen molar-refractivity contribution >= 4 is 26.7 Å².